The van der Waals surface area contributed by atoms with Gasteiger partial charge in [0.15, 0.2) is 12.0 Å². The molecule has 0 unspecified atom stereocenters. The predicted molar refractivity (Wildman–Crippen MR) is 41.3 cm³/mol. The second-order valence-corrected chi connectivity index (χ2v) is 2.55. The summed E-state index contributed by atoms with van der Waals surface area (Å²) < 4.78 is 24.5. The Morgan fingerprint density at radius 1 is 1.62 bits per heavy atom. The van der Waals surface area contributed by atoms with E-state index in [4.69, 9.17) is 16.7 Å². The maximum atomic E-state index is 12.3. The minimum Gasteiger partial charge on any atom is -0.505 e. The fourth-order valence-electron chi connectivity index (χ4n) is 0.809. The lowest BCUT2D eigenvalue weighted by Gasteiger charge is -2.05. The van der Waals surface area contributed by atoms with Gasteiger partial charge in [-0.25, -0.2) is 13.8 Å². The van der Waals surface area contributed by atoms with Crippen molar-refractivity contribution in [1.82, 2.24) is 4.98 Å². The van der Waals surface area contributed by atoms with E-state index >= 15 is 0 Å². The van der Waals surface area contributed by atoms with Crippen molar-refractivity contribution in [2.45, 2.75) is 6.43 Å². The molecule has 13 heavy (non-hydrogen) atoms. The molecule has 1 N–H and O–H groups in total. The fraction of sp³-hybridized carbons (Fsp3) is 0.143. The standard InChI is InChI=1S/C7H4ClF2NO2/c8-6-4(13)1-11-3(2-12)5(6)7(9)10/h1-2,7,13H. The molecule has 1 heterocycles. The van der Waals surface area contributed by atoms with Gasteiger partial charge in [0, 0.05) is 0 Å². The fourth-order valence-corrected chi connectivity index (χ4v) is 1.04. The molecule has 0 spiro atoms. The molecule has 0 fully saturated rings. The molecule has 0 bridgehead atoms. The van der Waals surface area contributed by atoms with E-state index in [-0.39, 0.29) is 6.29 Å². The lowest BCUT2D eigenvalue weighted by atomic mass is 10.2. The first-order valence-corrected chi connectivity index (χ1v) is 3.56. The van der Waals surface area contributed by atoms with Crippen LogP contribution >= 0.6 is 11.6 Å². The number of pyridine rings is 1. The Hall–Kier alpha value is -1.23. The van der Waals surface area contributed by atoms with Crippen LogP contribution in [0.15, 0.2) is 6.20 Å². The normalized spacial score (nSPS) is 10.5. The molecule has 0 atom stereocenters. The zero-order valence-electron chi connectivity index (χ0n) is 6.17. The summed E-state index contributed by atoms with van der Waals surface area (Å²) in [5.74, 6) is -0.567. The van der Waals surface area contributed by atoms with E-state index in [1.807, 2.05) is 0 Å². The van der Waals surface area contributed by atoms with Crippen molar-refractivity contribution in [2.24, 2.45) is 0 Å². The highest BCUT2D eigenvalue weighted by Gasteiger charge is 2.20. The Morgan fingerprint density at radius 2 is 2.23 bits per heavy atom. The minimum atomic E-state index is -2.94. The number of carbonyl (C=O) groups is 1. The summed E-state index contributed by atoms with van der Waals surface area (Å²) in [7, 11) is 0. The molecule has 0 aliphatic carbocycles. The number of alkyl halides is 2. The Labute approximate surface area is 77.0 Å². The second-order valence-electron chi connectivity index (χ2n) is 2.17. The lowest BCUT2D eigenvalue weighted by Crippen LogP contribution is -1.98. The molecule has 0 radical (unpaired) electrons. The van der Waals surface area contributed by atoms with Crippen LogP contribution < -0.4 is 0 Å². The van der Waals surface area contributed by atoms with Crippen molar-refractivity contribution < 1.29 is 18.7 Å². The highest BCUT2D eigenvalue weighted by molar-refractivity contribution is 6.33. The third-order valence-corrected chi connectivity index (χ3v) is 1.79. The van der Waals surface area contributed by atoms with Gasteiger partial charge in [-0.3, -0.25) is 4.79 Å². The van der Waals surface area contributed by atoms with Crippen LogP contribution in [0.1, 0.15) is 22.5 Å². The molecule has 0 saturated heterocycles. The van der Waals surface area contributed by atoms with Crippen molar-refractivity contribution in [3.8, 4) is 5.75 Å². The number of aromatic hydroxyl groups is 1. The Morgan fingerprint density at radius 3 is 2.69 bits per heavy atom. The van der Waals surface area contributed by atoms with Gasteiger partial charge < -0.3 is 5.11 Å². The maximum absolute atomic E-state index is 12.3. The first-order chi connectivity index (χ1) is 6.07. The van der Waals surface area contributed by atoms with Crippen molar-refractivity contribution in [3.63, 3.8) is 0 Å². The van der Waals surface area contributed by atoms with E-state index in [1.165, 1.54) is 0 Å². The number of aldehydes is 1. The number of nitrogens with zero attached hydrogens (tertiary/aromatic N) is 1. The molecule has 1 rings (SSSR count). The number of hydrogen-bond acceptors (Lipinski definition) is 3. The molecule has 0 aromatic carbocycles. The molecule has 0 amide bonds. The van der Waals surface area contributed by atoms with E-state index < -0.39 is 28.5 Å². The Bertz CT molecular complexity index is 344. The van der Waals surface area contributed by atoms with Crippen LogP contribution in [0.4, 0.5) is 8.78 Å². The maximum Gasteiger partial charge on any atom is 0.267 e. The zero-order valence-corrected chi connectivity index (χ0v) is 6.92. The average molecular weight is 208 g/mol. The van der Waals surface area contributed by atoms with Gasteiger partial charge in [0.2, 0.25) is 0 Å². The molecule has 0 saturated carbocycles. The van der Waals surface area contributed by atoms with Gasteiger partial charge in [-0.2, -0.15) is 0 Å². The zero-order chi connectivity index (χ0) is 10.0. The highest BCUT2D eigenvalue weighted by atomic mass is 35.5. The van der Waals surface area contributed by atoms with Crippen molar-refractivity contribution >= 4 is 17.9 Å². The van der Waals surface area contributed by atoms with Crippen LogP contribution in [0.2, 0.25) is 5.02 Å². The van der Waals surface area contributed by atoms with Gasteiger partial charge in [-0.1, -0.05) is 11.6 Å². The molecule has 1 aromatic heterocycles. The van der Waals surface area contributed by atoms with Gasteiger partial charge in [0.05, 0.1) is 16.8 Å². The molecular formula is C7H4ClF2NO2. The van der Waals surface area contributed by atoms with Crippen LogP contribution in [-0.2, 0) is 0 Å². The summed E-state index contributed by atoms with van der Waals surface area (Å²) >= 11 is 5.34. The summed E-state index contributed by atoms with van der Waals surface area (Å²) in [4.78, 5) is 13.6. The molecule has 0 aliphatic heterocycles. The molecular weight excluding hydrogens is 204 g/mol. The third-order valence-electron chi connectivity index (χ3n) is 1.39. The molecule has 6 heteroatoms. The van der Waals surface area contributed by atoms with Crippen LogP contribution in [0.3, 0.4) is 0 Å². The molecule has 3 nitrogen and oxygen atoms in total. The van der Waals surface area contributed by atoms with E-state index in [0.29, 0.717) is 0 Å². The number of carbonyl (C=O) groups excluding carboxylic acids is 1. The van der Waals surface area contributed by atoms with E-state index in [0.717, 1.165) is 6.20 Å². The first-order valence-electron chi connectivity index (χ1n) is 3.18. The van der Waals surface area contributed by atoms with Gasteiger partial charge in [-0.05, 0) is 0 Å². The van der Waals surface area contributed by atoms with Crippen molar-refractivity contribution in [3.05, 3.63) is 22.5 Å². The Balaban J connectivity index is 3.41. The van der Waals surface area contributed by atoms with Gasteiger partial charge in [0.25, 0.3) is 6.43 Å². The predicted octanol–water partition coefficient (Wildman–Crippen LogP) is 2.19. The number of rotatable bonds is 2. The Kier molecular flexibility index (Phi) is 2.77. The highest BCUT2D eigenvalue weighted by Crippen LogP contribution is 2.34. The van der Waals surface area contributed by atoms with E-state index in [1.54, 1.807) is 0 Å². The number of aromatic nitrogens is 1. The summed E-state index contributed by atoms with van der Waals surface area (Å²) in [6.45, 7) is 0. The summed E-state index contributed by atoms with van der Waals surface area (Å²) in [6, 6.07) is 0. The quantitative estimate of drug-likeness (QED) is 0.757. The minimum absolute atomic E-state index is 0.160. The summed E-state index contributed by atoms with van der Waals surface area (Å²) in [6.07, 6.45) is -1.93. The lowest BCUT2D eigenvalue weighted by molar-refractivity contribution is 0.110. The topological polar surface area (TPSA) is 50.2 Å². The largest absolute Gasteiger partial charge is 0.505 e. The van der Waals surface area contributed by atoms with Crippen molar-refractivity contribution in [2.75, 3.05) is 0 Å². The van der Waals surface area contributed by atoms with Gasteiger partial charge in [0.1, 0.15) is 5.69 Å². The molecule has 70 valence electrons. The van der Waals surface area contributed by atoms with E-state index in [2.05, 4.69) is 4.98 Å². The van der Waals surface area contributed by atoms with Crippen molar-refractivity contribution in [1.29, 1.82) is 0 Å². The van der Waals surface area contributed by atoms with Gasteiger partial charge in [-0.15, -0.1) is 0 Å². The second kappa shape index (κ2) is 3.66. The monoisotopic (exact) mass is 207 g/mol. The van der Waals surface area contributed by atoms with Gasteiger partial charge >= 0.3 is 0 Å². The number of hydrogen-bond donors (Lipinski definition) is 1. The van der Waals surface area contributed by atoms with Crippen LogP contribution in [0, 0.1) is 0 Å². The smallest absolute Gasteiger partial charge is 0.267 e. The van der Waals surface area contributed by atoms with Crippen LogP contribution in [0.25, 0.3) is 0 Å². The first kappa shape index (κ1) is 9.85. The summed E-state index contributed by atoms with van der Waals surface area (Å²) in [5, 5.41) is 8.39. The molecule has 1 aromatic rings. The van der Waals surface area contributed by atoms with E-state index in [9.17, 15) is 13.6 Å². The third kappa shape index (κ3) is 1.75. The number of halogens is 3. The van der Waals surface area contributed by atoms with Crippen LogP contribution in [0.5, 0.6) is 5.75 Å². The molecule has 0 aliphatic rings. The SMILES string of the molecule is O=Cc1ncc(O)c(Cl)c1C(F)F. The summed E-state index contributed by atoms with van der Waals surface area (Å²) in [5.41, 5.74) is -1.20. The average Bonchev–Trinajstić information content (AvgIpc) is 2.08. The van der Waals surface area contributed by atoms with Crippen LogP contribution in [-0.4, -0.2) is 16.4 Å².